The zero-order valence-electron chi connectivity index (χ0n) is 18.0. The van der Waals surface area contributed by atoms with Crippen molar-refractivity contribution in [3.05, 3.63) is 57.5 Å². The summed E-state index contributed by atoms with van der Waals surface area (Å²) in [5.41, 5.74) is 2.21. The van der Waals surface area contributed by atoms with Gasteiger partial charge in [-0.2, -0.15) is 0 Å². The molecule has 0 aliphatic carbocycles. The number of rotatable bonds is 6. The fourth-order valence-corrected chi connectivity index (χ4v) is 5.63. The first-order valence-corrected chi connectivity index (χ1v) is 12.0. The number of hydrogen-bond acceptors (Lipinski definition) is 4. The van der Waals surface area contributed by atoms with Gasteiger partial charge in [-0.25, -0.2) is 4.39 Å². The van der Waals surface area contributed by atoms with Gasteiger partial charge in [0.15, 0.2) is 0 Å². The van der Waals surface area contributed by atoms with Crippen LogP contribution in [0, 0.1) is 11.7 Å². The maximum Gasteiger partial charge on any atom is 0.237 e. The van der Waals surface area contributed by atoms with Gasteiger partial charge in [0.1, 0.15) is 5.82 Å². The van der Waals surface area contributed by atoms with Gasteiger partial charge in [0, 0.05) is 23.9 Å². The quantitative estimate of drug-likeness (QED) is 0.740. The molecule has 2 aromatic rings. The highest BCUT2D eigenvalue weighted by molar-refractivity contribution is 7.10. The average molecular weight is 444 g/mol. The summed E-state index contributed by atoms with van der Waals surface area (Å²) in [6, 6.07) is 8.55. The monoisotopic (exact) mass is 443 g/mol. The molecule has 2 amide bonds. The molecule has 0 bridgehead atoms. The molecule has 7 heteroatoms. The van der Waals surface area contributed by atoms with Crippen molar-refractivity contribution in [2.75, 3.05) is 26.2 Å². The molecule has 166 valence electrons. The van der Waals surface area contributed by atoms with Gasteiger partial charge in [-0.05, 0) is 73.5 Å². The van der Waals surface area contributed by atoms with E-state index < -0.39 is 0 Å². The number of carbonyl (C=O) groups excluding carboxylic acids is 2. The Morgan fingerprint density at radius 3 is 2.58 bits per heavy atom. The Morgan fingerprint density at radius 2 is 1.87 bits per heavy atom. The molecule has 1 N–H and O–H groups in total. The topological polar surface area (TPSA) is 52.7 Å². The van der Waals surface area contributed by atoms with Crippen molar-refractivity contribution in [2.24, 2.45) is 5.92 Å². The molecular formula is C24H30FN3O2S. The molecule has 2 aliphatic heterocycles. The minimum Gasteiger partial charge on any atom is -0.352 e. The summed E-state index contributed by atoms with van der Waals surface area (Å²) in [6.45, 7) is 5.31. The predicted molar refractivity (Wildman–Crippen MR) is 120 cm³/mol. The van der Waals surface area contributed by atoms with Gasteiger partial charge in [-0.1, -0.05) is 19.1 Å². The first-order valence-electron chi connectivity index (χ1n) is 11.2. The van der Waals surface area contributed by atoms with E-state index in [0.29, 0.717) is 13.1 Å². The molecular weight excluding hydrogens is 413 g/mol. The van der Waals surface area contributed by atoms with Gasteiger partial charge in [-0.3, -0.25) is 14.5 Å². The molecule has 31 heavy (non-hydrogen) atoms. The second kappa shape index (κ2) is 9.92. The fourth-order valence-electron chi connectivity index (χ4n) is 4.71. The second-order valence-electron chi connectivity index (χ2n) is 8.45. The molecule has 0 spiro atoms. The SMILES string of the molecule is CCC1c2ccsc2CCN1C(=O)CN1CCC(C(=O)NCc2ccc(F)cc2)CC1. The highest BCUT2D eigenvalue weighted by atomic mass is 32.1. The minimum absolute atomic E-state index is 0.0291. The summed E-state index contributed by atoms with van der Waals surface area (Å²) in [7, 11) is 0. The van der Waals surface area contributed by atoms with Crippen LogP contribution in [-0.2, 0) is 22.6 Å². The number of fused-ring (bicyclic) bond motifs is 1. The van der Waals surface area contributed by atoms with E-state index in [1.54, 1.807) is 23.5 Å². The zero-order chi connectivity index (χ0) is 21.8. The standard InChI is InChI=1S/C24H30FN3O2S/c1-2-21-20-10-14-31-22(20)9-13-28(21)23(29)16-27-11-7-18(8-12-27)24(30)26-15-17-3-5-19(25)6-4-17/h3-6,10,14,18,21H,2,7-9,11-13,15-16H2,1H3,(H,26,30). The average Bonchev–Trinajstić information content (AvgIpc) is 3.27. The highest BCUT2D eigenvalue weighted by Gasteiger charge is 2.32. The van der Waals surface area contributed by atoms with E-state index in [-0.39, 0.29) is 29.6 Å². The van der Waals surface area contributed by atoms with E-state index in [4.69, 9.17) is 0 Å². The predicted octanol–water partition coefficient (Wildman–Crippen LogP) is 3.75. The van der Waals surface area contributed by atoms with E-state index >= 15 is 0 Å². The van der Waals surface area contributed by atoms with Crippen molar-refractivity contribution >= 4 is 23.2 Å². The Bertz CT molecular complexity index is 906. The van der Waals surface area contributed by atoms with Crippen LogP contribution in [0.5, 0.6) is 0 Å². The van der Waals surface area contributed by atoms with Crippen LogP contribution in [-0.4, -0.2) is 47.8 Å². The van der Waals surface area contributed by atoms with Crippen LogP contribution in [0.1, 0.15) is 48.2 Å². The normalized spacial score (nSPS) is 19.8. The highest BCUT2D eigenvalue weighted by Crippen LogP contribution is 2.35. The molecule has 2 aliphatic rings. The smallest absolute Gasteiger partial charge is 0.237 e. The Balaban J connectivity index is 1.24. The van der Waals surface area contributed by atoms with E-state index in [9.17, 15) is 14.0 Å². The first-order chi connectivity index (χ1) is 15.0. The van der Waals surface area contributed by atoms with Gasteiger partial charge < -0.3 is 10.2 Å². The number of hydrogen-bond donors (Lipinski definition) is 1. The number of likely N-dealkylation sites (tertiary alicyclic amines) is 1. The van der Waals surface area contributed by atoms with Crippen LogP contribution in [0.15, 0.2) is 35.7 Å². The van der Waals surface area contributed by atoms with Crippen molar-refractivity contribution in [2.45, 2.75) is 45.2 Å². The molecule has 4 rings (SSSR count). The molecule has 1 unspecified atom stereocenters. The van der Waals surface area contributed by atoms with E-state index in [1.807, 2.05) is 0 Å². The molecule has 1 saturated heterocycles. The van der Waals surface area contributed by atoms with Crippen molar-refractivity contribution in [1.82, 2.24) is 15.1 Å². The molecule has 1 fully saturated rings. The van der Waals surface area contributed by atoms with Gasteiger partial charge in [-0.15, -0.1) is 11.3 Å². The number of amides is 2. The number of thiophene rings is 1. The lowest BCUT2D eigenvalue weighted by molar-refractivity contribution is -0.136. The first kappa shape index (κ1) is 22.0. The van der Waals surface area contributed by atoms with E-state index in [0.717, 1.165) is 50.9 Å². The van der Waals surface area contributed by atoms with Gasteiger partial charge in [0.25, 0.3) is 0 Å². The Morgan fingerprint density at radius 1 is 1.13 bits per heavy atom. The third kappa shape index (κ3) is 5.15. The van der Waals surface area contributed by atoms with Crippen LogP contribution in [0.25, 0.3) is 0 Å². The van der Waals surface area contributed by atoms with Crippen LogP contribution >= 0.6 is 11.3 Å². The fraction of sp³-hybridized carbons (Fsp3) is 0.500. The third-order valence-corrected chi connectivity index (χ3v) is 7.50. The maximum atomic E-state index is 13.0. The van der Waals surface area contributed by atoms with Gasteiger partial charge in [0.05, 0.1) is 12.6 Å². The molecule has 3 heterocycles. The molecule has 0 radical (unpaired) electrons. The zero-order valence-corrected chi connectivity index (χ0v) is 18.8. The molecule has 1 aromatic heterocycles. The summed E-state index contributed by atoms with van der Waals surface area (Å²) in [5.74, 6) is -0.0635. The van der Waals surface area contributed by atoms with Crippen molar-refractivity contribution in [3.8, 4) is 0 Å². The lowest BCUT2D eigenvalue weighted by atomic mass is 9.95. The molecule has 1 aromatic carbocycles. The van der Waals surface area contributed by atoms with Crippen LogP contribution in [0.3, 0.4) is 0 Å². The summed E-state index contributed by atoms with van der Waals surface area (Å²) >= 11 is 1.80. The lowest BCUT2D eigenvalue weighted by Gasteiger charge is -2.38. The van der Waals surface area contributed by atoms with Crippen molar-refractivity contribution in [1.29, 1.82) is 0 Å². The van der Waals surface area contributed by atoms with Crippen molar-refractivity contribution < 1.29 is 14.0 Å². The molecule has 0 saturated carbocycles. The Kier molecular flexibility index (Phi) is 7.02. The van der Waals surface area contributed by atoms with E-state index in [2.05, 4.69) is 33.5 Å². The summed E-state index contributed by atoms with van der Waals surface area (Å²) in [6.07, 6.45) is 3.40. The second-order valence-corrected chi connectivity index (χ2v) is 9.46. The summed E-state index contributed by atoms with van der Waals surface area (Å²) in [4.78, 5) is 31.2. The number of nitrogens with one attached hydrogen (secondary N) is 1. The van der Waals surface area contributed by atoms with Crippen molar-refractivity contribution in [3.63, 3.8) is 0 Å². The largest absolute Gasteiger partial charge is 0.352 e. The number of nitrogens with zero attached hydrogens (tertiary/aromatic N) is 2. The summed E-state index contributed by atoms with van der Waals surface area (Å²) in [5, 5.41) is 5.09. The number of benzene rings is 1. The Labute approximate surface area is 187 Å². The van der Waals surface area contributed by atoms with Gasteiger partial charge in [0.2, 0.25) is 11.8 Å². The minimum atomic E-state index is -0.275. The number of piperidine rings is 1. The van der Waals surface area contributed by atoms with E-state index in [1.165, 1.54) is 22.6 Å². The molecule has 1 atom stereocenters. The maximum absolute atomic E-state index is 13.0. The van der Waals surface area contributed by atoms with Gasteiger partial charge >= 0.3 is 0 Å². The summed E-state index contributed by atoms with van der Waals surface area (Å²) < 4.78 is 13.0. The van der Waals surface area contributed by atoms with Crippen LogP contribution in [0.2, 0.25) is 0 Å². The lowest BCUT2D eigenvalue weighted by Crippen LogP contribution is -2.47. The number of halogens is 1. The molecule has 5 nitrogen and oxygen atoms in total. The van der Waals surface area contributed by atoms with Crippen LogP contribution in [0.4, 0.5) is 4.39 Å². The third-order valence-electron chi connectivity index (χ3n) is 6.50. The Hall–Kier alpha value is -2.25. The van der Waals surface area contributed by atoms with Crippen LogP contribution < -0.4 is 5.32 Å². The number of carbonyl (C=O) groups is 2.